The first-order chi connectivity index (χ1) is 12.0. The lowest BCUT2D eigenvalue weighted by atomic mass is 9.86. The molecule has 7 heteroatoms. The Kier molecular flexibility index (Phi) is 5.83. The quantitative estimate of drug-likeness (QED) is 0.806. The van der Waals surface area contributed by atoms with Crippen molar-refractivity contribution in [2.45, 2.75) is 37.5 Å². The monoisotopic (exact) mass is 379 g/mol. The molecule has 2 aromatic carbocycles. The number of carboxylic acids is 1. The number of sulfonamides is 1. The number of hydrogen-bond donors (Lipinski definition) is 2. The summed E-state index contributed by atoms with van der Waals surface area (Å²) in [6, 6.07) is 10.5. The Bertz CT molecular complexity index is 900. The number of carbonyl (C=O) groups is 1. The highest BCUT2D eigenvalue weighted by Gasteiger charge is 2.21. The van der Waals surface area contributed by atoms with Gasteiger partial charge in [-0.25, -0.2) is 22.3 Å². The van der Waals surface area contributed by atoms with Crippen molar-refractivity contribution in [2.24, 2.45) is 0 Å². The van der Waals surface area contributed by atoms with Crippen LogP contribution >= 0.6 is 0 Å². The summed E-state index contributed by atoms with van der Waals surface area (Å²) in [5.41, 5.74) is 1.87. The van der Waals surface area contributed by atoms with Gasteiger partial charge in [-0.1, -0.05) is 45.0 Å². The van der Waals surface area contributed by atoms with Crippen molar-refractivity contribution in [1.82, 2.24) is 4.72 Å². The molecule has 0 aromatic heterocycles. The van der Waals surface area contributed by atoms with Crippen molar-refractivity contribution >= 4 is 16.0 Å². The molecule has 2 aromatic rings. The molecular weight excluding hydrogens is 357 g/mol. The first-order valence-electron chi connectivity index (χ1n) is 8.12. The molecule has 0 atom stereocenters. The van der Waals surface area contributed by atoms with E-state index in [9.17, 15) is 17.6 Å². The number of nitrogens with one attached hydrogen (secondary N) is 1. The highest BCUT2D eigenvalue weighted by Crippen LogP contribution is 2.22. The van der Waals surface area contributed by atoms with E-state index >= 15 is 0 Å². The van der Waals surface area contributed by atoms with Crippen LogP contribution in [0.2, 0.25) is 0 Å². The molecule has 0 bridgehead atoms. The van der Waals surface area contributed by atoms with Gasteiger partial charge in [0.25, 0.3) is 0 Å². The smallest absolute Gasteiger partial charge is 0.335 e. The molecule has 0 fully saturated rings. The first kappa shape index (κ1) is 20.1. The summed E-state index contributed by atoms with van der Waals surface area (Å²) in [5.74, 6) is -2.31. The molecule has 2 N–H and O–H groups in total. The predicted octanol–water partition coefficient (Wildman–Crippen LogP) is 3.34. The topological polar surface area (TPSA) is 83.5 Å². The maximum absolute atomic E-state index is 13.8. The molecule has 0 aliphatic carbocycles. The average molecular weight is 379 g/mol. The van der Waals surface area contributed by atoms with Crippen LogP contribution in [0.25, 0.3) is 0 Å². The molecule has 0 aliphatic heterocycles. The molecule has 26 heavy (non-hydrogen) atoms. The normalized spacial score (nSPS) is 12.2. The minimum Gasteiger partial charge on any atom is -0.478 e. The second kappa shape index (κ2) is 7.55. The molecule has 0 aliphatic rings. The third kappa shape index (κ3) is 4.89. The van der Waals surface area contributed by atoms with Crippen LogP contribution in [0.5, 0.6) is 0 Å². The van der Waals surface area contributed by atoms with E-state index in [1.54, 1.807) is 0 Å². The summed E-state index contributed by atoms with van der Waals surface area (Å²) < 4.78 is 40.7. The van der Waals surface area contributed by atoms with Gasteiger partial charge >= 0.3 is 5.97 Å². The summed E-state index contributed by atoms with van der Waals surface area (Å²) in [7, 11) is -4.14. The number of carboxylic acid groups (broad SMARTS) is 1. The minimum absolute atomic E-state index is 0.0345. The standard InChI is InChI=1S/C19H22FNO4S/c1-19(2,3)15-7-4-13(5-8-15)10-11-21-26(24,25)17-12-14(18(22)23)6-9-16(17)20/h4-9,12,21H,10-11H2,1-3H3,(H,22,23). The average Bonchev–Trinajstić information content (AvgIpc) is 2.54. The molecule has 0 amide bonds. The van der Waals surface area contributed by atoms with Crippen LogP contribution in [0.1, 0.15) is 42.3 Å². The van der Waals surface area contributed by atoms with E-state index < -0.39 is 26.7 Å². The fourth-order valence-electron chi connectivity index (χ4n) is 2.42. The number of rotatable bonds is 6. The van der Waals surface area contributed by atoms with Crippen molar-refractivity contribution < 1.29 is 22.7 Å². The van der Waals surface area contributed by atoms with Crippen molar-refractivity contribution in [2.75, 3.05) is 6.54 Å². The van der Waals surface area contributed by atoms with Crippen LogP contribution in [0.3, 0.4) is 0 Å². The molecule has 140 valence electrons. The fraction of sp³-hybridized carbons (Fsp3) is 0.316. The van der Waals surface area contributed by atoms with Crippen molar-refractivity contribution in [3.63, 3.8) is 0 Å². The summed E-state index contributed by atoms with van der Waals surface area (Å²) >= 11 is 0. The van der Waals surface area contributed by atoms with Gasteiger partial charge in [-0.3, -0.25) is 0 Å². The number of halogens is 1. The number of aromatic carboxylic acids is 1. The zero-order chi connectivity index (χ0) is 19.5. The van der Waals surface area contributed by atoms with Gasteiger partial charge in [0.05, 0.1) is 5.56 Å². The van der Waals surface area contributed by atoms with Crippen LogP contribution < -0.4 is 4.72 Å². The molecular formula is C19H22FNO4S. The van der Waals surface area contributed by atoms with Crippen LogP contribution in [-0.2, 0) is 21.9 Å². The van der Waals surface area contributed by atoms with Gasteiger partial charge < -0.3 is 5.11 Å². The summed E-state index contributed by atoms with van der Waals surface area (Å²) in [6.07, 6.45) is 0.434. The van der Waals surface area contributed by atoms with Gasteiger partial charge in [0.1, 0.15) is 10.7 Å². The van der Waals surface area contributed by atoms with Gasteiger partial charge in [-0.2, -0.15) is 0 Å². The van der Waals surface area contributed by atoms with Gasteiger partial charge in [0, 0.05) is 6.54 Å². The molecule has 0 saturated carbocycles. The molecule has 5 nitrogen and oxygen atoms in total. The van der Waals surface area contributed by atoms with Gasteiger partial charge in [0.2, 0.25) is 10.0 Å². The van der Waals surface area contributed by atoms with E-state index in [1.165, 1.54) is 5.56 Å². The highest BCUT2D eigenvalue weighted by atomic mass is 32.2. The molecule has 0 radical (unpaired) electrons. The zero-order valence-electron chi connectivity index (χ0n) is 14.9. The van der Waals surface area contributed by atoms with Crippen molar-refractivity contribution in [3.05, 3.63) is 65.0 Å². The Balaban J connectivity index is 2.07. The van der Waals surface area contributed by atoms with E-state index in [0.717, 1.165) is 23.8 Å². The Morgan fingerprint density at radius 1 is 1.12 bits per heavy atom. The lowest BCUT2D eigenvalue weighted by Crippen LogP contribution is -2.27. The maximum atomic E-state index is 13.8. The summed E-state index contributed by atoms with van der Waals surface area (Å²) in [6.45, 7) is 6.40. The maximum Gasteiger partial charge on any atom is 0.335 e. The largest absolute Gasteiger partial charge is 0.478 e. The lowest BCUT2D eigenvalue weighted by Gasteiger charge is -2.19. The van der Waals surface area contributed by atoms with Crippen LogP contribution in [0.15, 0.2) is 47.4 Å². The molecule has 2 rings (SSSR count). The van der Waals surface area contributed by atoms with Gasteiger partial charge in [0.15, 0.2) is 0 Å². The van der Waals surface area contributed by atoms with Crippen LogP contribution in [0, 0.1) is 5.82 Å². The van der Waals surface area contributed by atoms with Crippen molar-refractivity contribution in [3.8, 4) is 0 Å². The molecule has 0 unspecified atom stereocenters. The van der Waals surface area contributed by atoms with Crippen LogP contribution in [0.4, 0.5) is 4.39 Å². The minimum atomic E-state index is -4.14. The fourth-order valence-corrected chi connectivity index (χ4v) is 3.55. The predicted molar refractivity (Wildman–Crippen MR) is 97.4 cm³/mol. The van der Waals surface area contributed by atoms with E-state index in [-0.39, 0.29) is 17.5 Å². The number of benzene rings is 2. The third-order valence-corrected chi connectivity index (χ3v) is 5.47. The molecule has 0 saturated heterocycles. The third-order valence-electron chi connectivity index (χ3n) is 3.99. The van der Waals surface area contributed by atoms with E-state index in [0.29, 0.717) is 6.42 Å². The van der Waals surface area contributed by atoms with Crippen molar-refractivity contribution in [1.29, 1.82) is 0 Å². The summed E-state index contributed by atoms with van der Waals surface area (Å²) in [5, 5.41) is 8.93. The second-order valence-electron chi connectivity index (χ2n) is 7.05. The SMILES string of the molecule is CC(C)(C)c1ccc(CCNS(=O)(=O)c2cc(C(=O)O)ccc2F)cc1. The lowest BCUT2D eigenvalue weighted by molar-refractivity contribution is 0.0696. The molecule has 0 heterocycles. The van der Waals surface area contributed by atoms with Gasteiger partial charge in [-0.05, 0) is 41.2 Å². The second-order valence-corrected chi connectivity index (χ2v) is 8.78. The Morgan fingerprint density at radius 2 is 1.73 bits per heavy atom. The molecule has 0 spiro atoms. The van der Waals surface area contributed by atoms with E-state index in [4.69, 9.17) is 5.11 Å². The van der Waals surface area contributed by atoms with Gasteiger partial charge in [-0.15, -0.1) is 0 Å². The first-order valence-corrected chi connectivity index (χ1v) is 9.61. The van der Waals surface area contributed by atoms with Crippen LogP contribution in [-0.4, -0.2) is 26.0 Å². The number of hydrogen-bond acceptors (Lipinski definition) is 3. The Labute approximate surface area is 152 Å². The highest BCUT2D eigenvalue weighted by molar-refractivity contribution is 7.89. The van der Waals surface area contributed by atoms with E-state index in [2.05, 4.69) is 25.5 Å². The Morgan fingerprint density at radius 3 is 2.27 bits per heavy atom. The zero-order valence-corrected chi connectivity index (χ0v) is 15.7. The Hall–Kier alpha value is -2.25. The summed E-state index contributed by atoms with van der Waals surface area (Å²) in [4.78, 5) is 10.3. The van der Waals surface area contributed by atoms with E-state index in [1.807, 2.05) is 24.3 Å².